The monoisotopic (exact) mass is 366 g/mol. The number of hydrogen-bond donors (Lipinski definition) is 0. The first-order valence-corrected chi connectivity index (χ1v) is 9.77. The van der Waals surface area contributed by atoms with Crippen LogP contribution in [0, 0.1) is 17.2 Å². The maximum absolute atomic E-state index is 13.4. The average molecular weight is 366 g/mol. The van der Waals surface area contributed by atoms with Crippen LogP contribution in [0.1, 0.15) is 30.9 Å². The van der Waals surface area contributed by atoms with E-state index in [0.717, 1.165) is 37.4 Å². The smallest absolute Gasteiger partial charge is 0.253 e. The third-order valence-corrected chi connectivity index (χ3v) is 5.73. The fourth-order valence-electron chi connectivity index (χ4n) is 4.24. The van der Waals surface area contributed by atoms with Crippen molar-refractivity contribution in [1.29, 1.82) is 5.26 Å². The number of hydrogen-bond acceptors (Lipinski definition) is 5. The molecule has 0 saturated carbocycles. The van der Waals surface area contributed by atoms with Crippen LogP contribution in [0.5, 0.6) is 0 Å². The molecule has 1 aromatic rings. The maximum Gasteiger partial charge on any atom is 0.253 e. The molecule has 0 N–H and O–H groups in total. The lowest BCUT2D eigenvalue weighted by Gasteiger charge is -2.47. The number of nitrogens with zero attached hydrogens (tertiary/aromatic N) is 4. The Hall–Kier alpha value is -2.52. The highest BCUT2D eigenvalue weighted by Gasteiger charge is 2.39. The van der Waals surface area contributed by atoms with E-state index in [1.54, 1.807) is 0 Å². The van der Waals surface area contributed by atoms with Gasteiger partial charge in [0.05, 0.1) is 31.4 Å². The van der Waals surface area contributed by atoms with Gasteiger partial charge in [0.15, 0.2) is 0 Å². The zero-order chi connectivity index (χ0) is 18.8. The number of morpholine rings is 1. The number of rotatable bonds is 3. The van der Waals surface area contributed by atoms with Crippen LogP contribution in [0.2, 0.25) is 0 Å². The molecule has 0 bridgehead atoms. The molecule has 142 valence electrons. The molecule has 0 spiro atoms. The van der Waals surface area contributed by atoms with Gasteiger partial charge in [-0.25, -0.2) is 0 Å². The molecule has 2 fully saturated rings. The molecule has 0 aromatic heterocycles. The first kappa shape index (κ1) is 17.9. The number of carbonyl (C=O) groups excluding carboxylic acids is 1. The van der Waals surface area contributed by atoms with Crippen molar-refractivity contribution in [2.75, 3.05) is 32.8 Å². The summed E-state index contributed by atoms with van der Waals surface area (Å²) in [6.45, 7) is 6.44. The van der Waals surface area contributed by atoms with Crippen molar-refractivity contribution in [3.63, 3.8) is 0 Å². The van der Waals surface area contributed by atoms with Crippen LogP contribution in [0.4, 0.5) is 0 Å². The van der Waals surface area contributed by atoms with E-state index in [2.05, 4.69) is 29.0 Å². The SMILES string of the molecule is C[C@@H]1CCCN(C2=CN3CCOCC3C(=O)N2Cc2ccccc2C#N)C1. The highest BCUT2D eigenvalue weighted by Crippen LogP contribution is 2.29. The number of likely N-dealkylation sites (tertiary alicyclic amines) is 1. The van der Waals surface area contributed by atoms with Crippen LogP contribution in [0.25, 0.3) is 0 Å². The second kappa shape index (κ2) is 7.61. The quantitative estimate of drug-likeness (QED) is 0.820. The Morgan fingerprint density at radius 2 is 2.15 bits per heavy atom. The lowest BCUT2D eigenvalue weighted by atomic mass is 9.99. The minimum absolute atomic E-state index is 0.0677. The summed E-state index contributed by atoms with van der Waals surface area (Å²) in [6, 6.07) is 9.52. The van der Waals surface area contributed by atoms with Crippen molar-refractivity contribution in [3.8, 4) is 6.07 Å². The minimum atomic E-state index is -0.265. The van der Waals surface area contributed by atoms with Crippen LogP contribution < -0.4 is 0 Å². The van der Waals surface area contributed by atoms with Gasteiger partial charge in [0.1, 0.15) is 11.9 Å². The van der Waals surface area contributed by atoms with Crippen molar-refractivity contribution in [1.82, 2.24) is 14.7 Å². The lowest BCUT2D eigenvalue weighted by molar-refractivity contribution is -0.144. The summed E-state index contributed by atoms with van der Waals surface area (Å²) in [5.41, 5.74) is 1.51. The summed E-state index contributed by atoms with van der Waals surface area (Å²) in [6.07, 6.45) is 4.51. The predicted octanol–water partition coefficient (Wildman–Crippen LogP) is 2.13. The Labute approximate surface area is 160 Å². The molecule has 3 heterocycles. The van der Waals surface area contributed by atoms with Crippen molar-refractivity contribution in [2.45, 2.75) is 32.4 Å². The number of piperidine rings is 1. The number of benzene rings is 1. The van der Waals surface area contributed by atoms with Gasteiger partial charge < -0.3 is 14.5 Å². The third kappa shape index (κ3) is 3.52. The van der Waals surface area contributed by atoms with Gasteiger partial charge in [-0.05, 0) is 30.4 Å². The van der Waals surface area contributed by atoms with Gasteiger partial charge in [0.25, 0.3) is 5.91 Å². The van der Waals surface area contributed by atoms with E-state index in [9.17, 15) is 10.1 Å². The van der Waals surface area contributed by atoms with Crippen LogP contribution in [0.15, 0.2) is 36.3 Å². The van der Waals surface area contributed by atoms with E-state index in [4.69, 9.17) is 4.74 Å². The second-order valence-corrected chi connectivity index (χ2v) is 7.70. The molecule has 6 nitrogen and oxygen atoms in total. The fourth-order valence-corrected chi connectivity index (χ4v) is 4.24. The molecular formula is C21H26N4O2. The first-order chi connectivity index (χ1) is 13.2. The molecule has 2 saturated heterocycles. The Bertz CT molecular complexity index is 785. The van der Waals surface area contributed by atoms with Gasteiger partial charge in [-0.15, -0.1) is 0 Å². The van der Waals surface area contributed by atoms with E-state index in [0.29, 0.717) is 31.2 Å². The molecule has 6 heteroatoms. The van der Waals surface area contributed by atoms with E-state index < -0.39 is 0 Å². The molecule has 27 heavy (non-hydrogen) atoms. The van der Waals surface area contributed by atoms with Gasteiger partial charge in [0.2, 0.25) is 0 Å². The molecule has 3 aliphatic rings. The van der Waals surface area contributed by atoms with Gasteiger partial charge in [-0.1, -0.05) is 25.1 Å². The summed E-state index contributed by atoms with van der Waals surface area (Å²) in [4.78, 5) is 19.7. The van der Waals surface area contributed by atoms with Crippen molar-refractivity contribution in [3.05, 3.63) is 47.4 Å². The van der Waals surface area contributed by atoms with Gasteiger partial charge in [-0.2, -0.15) is 5.26 Å². The maximum atomic E-state index is 13.4. The normalized spacial score (nSPS) is 25.7. The number of ether oxygens (including phenoxy) is 1. The number of carbonyl (C=O) groups is 1. The zero-order valence-electron chi connectivity index (χ0n) is 15.8. The molecule has 1 aromatic carbocycles. The summed E-state index contributed by atoms with van der Waals surface area (Å²) in [5, 5.41) is 9.44. The summed E-state index contributed by atoms with van der Waals surface area (Å²) < 4.78 is 5.57. The Morgan fingerprint density at radius 3 is 2.96 bits per heavy atom. The number of nitriles is 1. The molecule has 2 atom stereocenters. The fraction of sp³-hybridized carbons (Fsp3) is 0.524. The molecule has 0 radical (unpaired) electrons. The van der Waals surface area contributed by atoms with Crippen molar-refractivity contribution >= 4 is 5.91 Å². The van der Waals surface area contributed by atoms with Crippen LogP contribution in [-0.2, 0) is 16.1 Å². The first-order valence-electron chi connectivity index (χ1n) is 9.77. The van der Waals surface area contributed by atoms with Gasteiger partial charge in [-0.3, -0.25) is 9.69 Å². The molecule has 4 rings (SSSR count). The van der Waals surface area contributed by atoms with E-state index in [-0.39, 0.29) is 11.9 Å². The number of fused-ring (bicyclic) bond motifs is 1. The summed E-state index contributed by atoms with van der Waals surface area (Å²) in [5.74, 6) is 1.65. The average Bonchev–Trinajstić information content (AvgIpc) is 2.70. The standard InChI is InChI=1S/C21H26N4O2/c1-16-5-4-8-24(12-16)20-14-23-9-10-27-15-19(23)21(26)25(20)13-18-7-3-2-6-17(18)11-22/h2-3,6-7,14,16,19H,4-5,8-10,12-13,15H2,1H3/t16-,19?/m1/s1. The van der Waals surface area contributed by atoms with Crippen LogP contribution in [0.3, 0.4) is 0 Å². The predicted molar refractivity (Wildman–Crippen MR) is 101 cm³/mol. The second-order valence-electron chi connectivity index (χ2n) is 7.70. The van der Waals surface area contributed by atoms with E-state index in [1.807, 2.05) is 29.2 Å². The Kier molecular flexibility index (Phi) is 5.04. The topological polar surface area (TPSA) is 59.8 Å². The Morgan fingerprint density at radius 1 is 1.30 bits per heavy atom. The van der Waals surface area contributed by atoms with Crippen molar-refractivity contribution < 1.29 is 9.53 Å². The van der Waals surface area contributed by atoms with Crippen molar-refractivity contribution in [2.24, 2.45) is 5.92 Å². The highest BCUT2D eigenvalue weighted by atomic mass is 16.5. The molecule has 0 aliphatic carbocycles. The van der Waals surface area contributed by atoms with Crippen LogP contribution in [-0.4, -0.2) is 59.5 Å². The largest absolute Gasteiger partial charge is 0.377 e. The lowest BCUT2D eigenvalue weighted by Crippen LogP contribution is -2.58. The van der Waals surface area contributed by atoms with E-state index >= 15 is 0 Å². The molecular weight excluding hydrogens is 340 g/mol. The Balaban J connectivity index is 1.68. The highest BCUT2D eigenvalue weighted by molar-refractivity contribution is 5.85. The molecule has 1 unspecified atom stereocenters. The van der Waals surface area contributed by atoms with E-state index in [1.165, 1.54) is 6.42 Å². The van der Waals surface area contributed by atoms with Gasteiger partial charge >= 0.3 is 0 Å². The summed E-state index contributed by atoms with van der Waals surface area (Å²) >= 11 is 0. The van der Waals surface area contributed by atoms with Gasteiger partial charge in [0, 0.05) is 25.8 Å². The molecule has 3 aliphatic heterocycles. The minimum Gasteiger partial charge on any atom is -0.377 e. The number of amides is 1. The summed E-state index contributed by atoms with van der Waals surface area (Å²) in [7, 11) is 0. The third-order valence-electron chi connectivity index (χ3n) is 5.73. The zero-order valence-corrected chi connectivity index (χ0v) is 15.8. The molecule has 1 amide bonds. The van der Waals surface area contributed by atoms with Crippen LogP contribution >= 0.6 is 0 Å².